The van der Waals surface area contributed by atoms with E-state index in [1.54, 1.807) is 4.90 Å². The van der Waals surface area contributed by atoms with Gasteiger partial charge < -0.3 is 9.64 Å². The number of thiocarbonyl (C=S) groups is 1. The highest BCUT2D eigenvalue weighted by atomic mass is 32.2. The molecule has 2 saturated heterocycles. The number of pyridine rings is 1. The fourth-order valence-electron chi connectivity index (χ4n) is 4.47. The van der Waals surface area contributed by atoms with Crippen LogP contribution >= 0.6 is 24.0 Å². The third kappa shape index (κ3) is 5.86. The molecule has 186 valence electrons. The van der Waals surface area contributed by atoms with Crippen molar-refractivity contribution >= 4 is 63.0 Å². The van der Waals surface area contributed by atoms with Crippen molar-refractivity contribution in [3.8, 4) is 0 Å². The third-order valence-corrected chi connectivity index (χ3v) is 7.86. The van der Waals surface area contributed by atoms with Gasteiger partial charge in [0.05, 0.1) is 22.9 Å². The van der Waals surface area contributed by atoms with Crippen LogP contribution in [0.5, 0.6) is 0 Å². The molecule has 0 aliphatic carbocycles. The molecule has 1 aromatic heterocycles. The van der Waals surface area contributed by atoms with Crippen molar-refractivity contribution in [2.45, 2.75) is 47.0 Å². The van der Waals surface area contributed by atoms with Gasteiger partial charge in [0.2, 0.25) is 0 Å². The Bertz CT molecular complexity index is 1170. The number of hydrogen-bond donors (Lipinski definition) is 0. The van der Waals surface area contributed by atoms with Crippen LogP contribution in [0.4, 0.5) is 5.82 Å². The normalized spacial score (nSPS) is 18.4. The fraction of sp³-hybridized carbons (Fsp3) is 0.481. The molecule has 0 unspecified atom stereocenters. The van der Waals surface area contributed by atoms with E-state index in [-0.39, 0.29) is 17.8 Å². The first-order valence-electron chi connectivity index (χ1n) is 12.3. The van der Waals surface area contributed by atoms with Gasteiger partial charge in [0, 0.05) is 30.6 Å². The van der Waals surface area contributed by atoms with E-state index in [0.29, 0.717) is 41.4 Å². The monoisotopic (exact) mass is 511 g/mol. The molecule has 4 rings (SSSR count). The van der Waals surface area contributed by atoms with E-state index in [4.69, 9.17) is 21.9 Å². The van der Waals surface area contributed by atoms with Gasteiger partial charge in [0.15, 0.2) is 0 Å². The van der Waals surface area contributed by atoms with E-state index < -0.39 is 0 Å². The van der Waals surface area contributed by atoms with Crippen molar-refractivity contribution in [1.29, 1.82) is 0 Å². The zero-order chi connectivity index (χ0) is 25.1. The lowest BCUT2D eigenvalue weighted by Crippen LogP contribution is -2.37. The van der Waals surface area contributed by atoms with Gasteiger partial charge in [-0.3, -0.25) is 14.5 Å². The minimum absolute atomic E-state index is 0.0306. The van der Waals surface area contributed by atoms with Gasteiger partial charge in [-0.25, -0.2) is 4.98 Å². The standard InChI is InChI=1S/C27H33N3O3S2/c1-5-33-26(32)19-9-11-29(12-10-19)24-21(15-20-14-18(4)6-7-22(20)28-24)16-23-25(31)30(27(34)35-23)13-8-17(2)3/h6-7,14-17,19H,5,8-13H2,1-4H3/b23-16-. The molecule has 1 aromatic carbocycles. The number of ether oxygens (including phenoxy) is 1. The number of anilines is 1. The maximum absolute atomic E-state index is 13.2. The Morgan fingerprint density at radius 1 is 1.29 bits per heavy atom. The Hall–Kier alpha value is -2.45. The minimum atomic E-state index is -0.112. The van der Waals surface area contributed by atoms with Gasteiger partial charge in [-0.05, 0) is 63.3 Å². The number of piperidine rings is 1. The number of thioether (sulfide) groups is 1. The number of carbonyl (C=O) groups is 2. The van der Waals surface area contributed by atoms with Crippen molar-refractivity contribution in [3.63, 3.8) is 0 Å². The van der Waals surface area contributed by atoms with Crippen LogP contribution < -0.4 is 4.90 Å². The number of nitrogens with zero attached hydrogens (tertiary/aromatic N) is 3. The maximum Gasteiger partial charge on any atom is 0.309 e. The van der Waals surface area contributed by atoms with Crippen LogP contribution in [0.15, 0.2) is 29.2 Å². The molecule has 0 N–H and O–H groups in total. The van der Waals surface area contributed by atoms with E-state index in [9.17, 15) is 9.59 Å². The van der Waals surface area contributed by atoms with Gasteiger partial charge in [-0.2, -0.15) is 0 Å². The van der Waals surface area contributed by atoms with Gasteiger partial charge in [-0.15, -0.1) is 0 Å². The molecule has 0 spiro atoms. The largest absolute Gasteiger partial charge is 0.466 e. The first-order chi connectivity index (χ1) is 16.8. The van der Waals surface area contributed by atoms with Crippen LogP contribution in [0.1, 0.15) is 51.2 Å². The van der Waals surface area contributed by atoms with Crippen LogP contribution in [0.3, 0.4) is 0 Å². The van der Waals surface area contributed by atoms with E-state index in [1.165, 1.54) is 11.8 Å². The molecule has 35 heavy (non-hydrogen) atoms. The van der Waals surface area contributed by atoms with E-state index in [2.05, 4.69) is 43.9 Å². The topological polar surface area (TPSA) is 62.7 Å². The summed E-state index contributed by atoms with van der Waals surface area (Å²) in [6.45, 7) is 10.7. The third-order valence-electron chi connectivity index (χ3n) is 6.48. The van der Waals surface area contributed by atoms with Crippen molar-refractivity contribution in [2.75, 3.05) is 31.1 Å². The second kappa shape index (κ2) is 11.1. The van der Waals surface area contributed by atoms with Gasteiger partial charge in [0.1, 0.15) is 10.1 Å². The highest BCUT2D eigenvalue weighted by Crippen LogP contribution is 2.36. The van der Waals surface area contributed by atoms with E-state index >= 15 is 0 Å². The summed E-state index contributed by atoms with van der Waals surface area (Å²) in [6.07, 6.45) is 4.31. The van der Waals surface area contributed by atoms with Crippen LogP contribution in [-0.4, -0.2) is 52.3 Å². The predicted molar refractivity (Wildman–Crippen MR) is 147 cm³/mol. The molecule has 0 atom stereocenters. The average molecular weight is 512 g/mol. The first kappa shape index (κ1) is 25.6. The smallest absolute Gasteiger partial charge is 0.309 e. The summed E-state index contributed by atoms with van der Waals surface area (Å²) in [5, 5.41) is 1.04. The van der Waals surface area contributed by atoms with Crippen molar-refractivity contribution < 1.29 is 14.3 Å². The van der Waals surface area contributed by atoms with Gasteiger partial charge in [-0.1, -0.05) is 49.5 Å². The number of rotatable bonds is 7. The molecule has 1 amide bonds. The molecule has 0 saturated carbocycles. The second-order valence-corrected chi connectivity index (χ2v) is 11.3. The first-order valence-corrected chi connectivity index (χ1v) is 13.6. The number of amides is 1. The zero-order valence-electron chi connectivity index (χ0n) is 20.9. The summed E-state index contributed by atoms with van der Waals surface area (Å²) < 4.78 is 5.84. The molecular formula is C27H33N3O3S2. The molecule has 3 heterocycles. The van der Waals surface area contributed by atoms with Gasteiger partial charge >= 0.3 is 5.97 Å². The lowest BCUT2D eigenvalue weighted by Gasteiger charge is -2.32. The maximum atomic E-state index is 13.2. The Kier molecular flexibility index (Phi) is 8.12. The Balaban J connectivity index is 1.65. The summed E-state index contributed by atoms with van der Waals surface area (Å²) in [5.41, 5.74) is 2.98. The highest BCUT2D eigenvalue weighted by Gasteiger charge is 2.33. The fourth-order valence-corrected chi connectivity index (χ4v) is 5.77. The molecular weight excluding hydrogens is 478 g/mol. The van der Waals surface area contributed by atoms with Crippen LogP contribution in [0.2, 0.25) is 0 Å². The number of benzene rings is 1. The number of hydrogen-bond acceptors (Lipinski definition) is 7. The van der Waals surface area contributed by atoms with Crippen LogP contribution in [0.25, 0.3) is 17.0 Å². The summed E-state index contributed by atoms with van der Waals surface area (Å²) in [4.78, 5) is 35.0. The lowest BCUT2D eigenvalue weighted by molar-refractivity contribution is -0.148. The van der Waals surface area contributed by atoms with Crippen LogP contribution in [-0.2, 0) is 14.3 Å². The molecule has 2 aromatic rings. The molecule has 0 bridgehead atoms. The molecule has 2 fully saturated rings. The Morgan fingerprint density at radius 3 is 2.71 bits per heavy atom. The summed E-state index contributed by atoms with van der Waals surface area (Å²) in [5.74, 6) is 1.13. The predicted octanol–water partition coefficient (Wildman–Crippen LogP) is 5.57. The van der Waals surface area contributed by atoms with Crippen molar-refractivity contribution in [1.82, 2.24) is 9.88 Å². The second-order valence-electron chi connectivity index (χ2n) is 9.63. The quantitative estimate of drug-likeness (QED) is 0.274. The van der Waals surface area contributed by atoms with Crippen molar-refractivity contribution in [2.24, 2.45) is 11.8 Å². The minimum Gasteiger partial charge on any atom is -0.466 e. The number of carbonyl (C=O) groups excluding carboxylic acids is 2. The Labute approximate surface area is 217 Å². The van der Waals surface area contributed by atoms with Crippen molar-refractivity contribution in [3.05, 3.63) is 40.3 Å². The number of esters is 1. The molecule has 6 nitrogen and oxygen atoms in total. The number of aryl methyl sites for hydroxylation is 1. The van der Waals surface area contributed by atoms with Gasteiger partial charge in [0.25, 0.3) is 5.91 Å². The summed E-state index contributed by atoms with van der Waals surface area (Å²) in [7, 11) is 0. The molecule has 2 aliphatic heterocycles. The SMILES string of the molecule is CCOC(=O)C1CCN(c2nc3ccc(C)cc3cc2/C=C2\SC(=S)N(CCC(C)C)C2=O)CC1. The van der Waals surface area contributed by atoms with Crippen LogP contribution in [0, 0.1) is 18.8 Å². The summed E-state index contributed by atoms with van der Waals surface area (Å²) in [6, 6.07) is 8.33. The number of fused-ring (bicyclic) bond motifs is 1. The lowest BCUT2D eigenvalue weighted by atomic mass is 9.96. The Morgan fingerprint density at radius 2 is 2.03 bits per heavy atom. The van der Waals surface area contributed by atoms with E-state index in [1.807, 2.05) is 19.1 Å². The average Bonchev–Trinajstić information content (AvgIpc) is 3.09. The summed E-state index contributed by atoms with van der Waals surface area (Å²) >= 11 is 6.89. The van der Waals surface area contributed by atoms with E-state index in [0.717, 1.165) is 47.1 Å². The zero-order valence-corrected chi connectivity index (χ0v) is 22.5. The molecule has 2 aliphatic rings. The highest BCUT2D eigenvalue weighted by molar-refractivity contribution is 8.26. The number of aromatic nitrogens is 1. The molecule has 8 heteroatoms. The molecule has 0 radical (unpaired) electrons.